The fourth-order valence-corrected chi connectivity index (χ4v) is 2.59. The highest BCUT2D eigenvalue weighted by atomic mass is 32.2. The van der Waals surface area contributed by atoms with Crippen LogP contribution in [0.2, 0.25) is 0 Å². The van der Waals surface area contributed by atoms with Gasteiger partial charge in [-0.05, 0) is 24.1 Å². The van der Waals surface area contributed by atoms with Crippen LogP contribution in [0.4, 0.5) is 5.69 Å². The molecule has 0 fully saturated rings. The molecule has 0 bridgehead atoms. The predicted octanol–water partition coefficient (Wildman–Crippen LogP) is 0.693. The van der Waals surface area contributed by atoms with E-state index in [1.165, 1.54) is 12.1 Å². The first kappa shape index (κ1) is 13.5. The number of aromatic nitrogens is 2. The first-order valence-electron chi connectivity index (χ1n) is 5.66. The molecular weight excluding hydrogens is 268 g/mol. The van der Waals surface area contributed by atoms with E-state index in [4.69, 9.17) is 5.73 Å². The Morgan fingerprint density at radius 2 is 2.21 bits per heavy atom. The molecule has 0 spiro atoms. The molecule has 102 valence electrons. The van der Waals surface area contributed by atoms with E-state index in [1.54, 1.807) is 6.07 Å². The molecule has 8 heteroatoms. The third-order valence-corrected chi connectivity index (χ3v) is 4.03. The van der Waals surface area contributed by atoms with Crippen molar-refractivity contribution in [3.8, 4) is 0 Å². The van der Waals surface area contributed by atoms with Crippen LogP contribution in [0.15, 0.2) is 34.0 Å². The topological polar surface area (TPSA) is 111 Å². The molecule has 1 heterocycles. The third-order valence-electron chi connectivity index (χ3n) is 2.64. The molecule has 0 aliphatic heterocycles. The van der Waals surface area contributed by atoms with Crippen LogP contribution < -0.4 is 10.5 Å². The van der Waals surface area contributed by atoms with E-state index in [2.05, 4.69) is 19.4 Å². The number of aryl methyl sites for hydroxylation is 1. The van der Waals surface area contributed by atoms with Crippen molar-refractivity contribution in [1.82, 2.24) is 14.9 Å². The minimum Gasteiger partial charge on any atom is -0.398 e. The van der Waals surface area contributed by atoms with Crippen molar-refractivity contribution in [2.75, 3.05) is 5.73 Å². The minimum absolute atomic E-state index is 0.0335. The molecular formula is C11H14N4O3S. The SMILES string of the molecule is CCc1ccc(S(=O)(=O)NCc2ncon2)cc1N. The second-order valence-corrected chi connectivity index (χ2v) is 5.65. The molecule has 19 heavy (non-hydrogen) atoms. The lowest BCUT2D eigenvalue weighted by atomic mass is 10.1. The second-order valence-electron chi connectivity index (χ2n) is 3.89. The van der Waals surface area contributed by atoms with Gasteiger partial charge in [0.1, 0.15) is 0 Å². The normalized spacial score (nSPS) is 11.6. The lowest BCUT2D eigenvalue weighted by molar-refractivity contribution is 0.409. The van der Waals surface area contributed by atoms with Gasteiger partial charge in [-0.1, -0.05) is 18.1 Å². The summed E-state index contributed by atoms with van der Waals surface area (Å²) in [5.41, 5.74) is 7.16. The number of nitrogens with two attached hydrogens (primary N) is 1. The number of hydrogen-bond donors (Lipinski definition) is 2. The van der Waals surface area contributed by atoms with Crippen molar-refractivity contribution in [3.05, 3.63) is 36.0 Å². The molecule has 2 rings (SSSR count). The van der Waals surface area contributed by atoms with Crippen LogP contribution in [-0.4, -0.2) is 18.6 Å². The maximum absolute atomic E-state index is 12.0. The molecule has 3 N–H and O–H groups in total. The van der Waals surface area contributed by atoms with Gasteiger partial charge in [-0.15, -0.1) is 0 Å². The first-order valence-corrected chi connectivity index (χ1v) is 7.14. The van der Waals surface area contributed by atoms with E-state index in [1.807, 2.05) is 6.92 Å². The Hall–Kier alpha value is -1.93. The van der Waals surface area contributed by atoms with Crippen molar-refractivity contribution in [3.63, 3.8) is 0 Å². The molecule has 1 aromatic carbocycles. The van der Waals surface area contributed by atoms with Gasteiger partial charge in [-0.25, -0.2) is 13.1 Å². The second kappa shape index (κ2) is 5.37. The van der Waals surface area contributed by atoms with E-state index in [0.717, 1.165) is 18.4 Å². The van der Waals surface area contributed by atoms with Gasteiger partial charge in [0.2, 0.25) is 16.4 Å². The number of anilines is 1. The smallest absolute Gasteiger partial charge is 0.241 e. The summed E-state index contributed by atoms with van der Waals surface area (Å²) in [7, 11) is -3.64. The highest BCUT2D eigenvalue weighted by Gasteiger charge is 2.15. The average Bonchev–Trinajstić information content (AvgIpc) is 2.89. The lowest BCUT2D eigenvalue weighted by Crippen LogP contribution is -2.24. The lowest BCUT2D eigenvalue weighted by Gasteiger charge is -2.08. The highest BCUT2D eigenvalue weighted by molar-refractivity contribution is 7.89. The zero-order valence-electron chi connectivity index (χ0n) is 10.3. The van der Waals surface area contributed by atoms with E-state index < -0.39 is 10.0 Å². The Morgan fingerprint density at radius 3 is 2.79 bits per heavy atom. The minimum atomic E-state index is -3.64. The van der Waals surface area contributed by atoms with Gasteiger partial charge in [-0.3, -0.25) is 0 Å². The molecule has 0 aliphatic carbocycles. The summed E-state index contributed by atoms with van der Waals surface area (Å²) in [5, 5.41) is 3.52. The van der Waals surface area contributed by atoms with Crippen LogP contribution in [0.3, 0.4) is 0 Å². The molecule has 0 saturated carbocycles. The van der Waals surface area contributed by atoms with E-state index in [0.29, 0.717) is 5.69 Å². The molecule has 1 aromatic heterocycles. The summed E-state index contributed by atoms with van der Waals surface area (Å²) < 4.78 is 30.9. The van der Waals surface area contributed by atoms with Gasteiger partial charge in [0, 0.05) is 5.69 Å². The number of hydrogen-bond acceptors (Lipinski definition) is 6. The fraction of sp³-hybridized carbons (Fsp3) is 0.273. The maximum Gasteiger partial charge on any atom is 0.241 e. The monoisotopic (exact) mass is 282 g/mol. The average molecular weight is 282 g/mol. The zero-order chi connectivity index (χ0) is 13.9. The third kappa shape index (κ3) is 3.09. The van der Waals surface area contributed by atoms with E-state index in [-0.39, 0.29) is 17.3 Å². The predicted molar refractivity (Wildman–Crippen MR) is 68.6 cm³/mol. The van der Waals surface area contributed by atoms with Gasteiger partial charge in [0.05, 0.1) is 11.4 Å². The molecule has 0 aliphatic rings. The number of benzene rings is 1. The number of nitrogens with zero attached hydrogens (tertiary/aromatic N) is 2. The molecule has 0 unspecified atom stereocenters. The van der Waals surface area contributed by atoms with Gasteiger partial charge in [0.25, 0.3) is 0 Å². The summed E-state index contributed by atoms with van der Waals surface area (Å²) in [4.78, 5) is 3.84. The molecule has 2 aromatic rings. The van der Waals surface area contributed by atoms with Crippen molar-refractivity contribution in [2.45, 2.75) is 24.8 Å². The fourth-order valence-electron chi connectivity index (χ4n) is 1.58. The summed E-state index contributed by atoms with van der Waals surface area (Å²) >= 11 is 0. The van der Waals surface area contributed by atoms with Crippen LogP contribution in [-0.2, 0) is 23.0 Å². The van der Waals surface area contributed by atoms with Crippen LogP contribution in [0, 0.1) is 0 Å². The van der Waals surface area contributed by atoms with Crippen LogP contribution in [0.1, 0.15) is 18.3 Å². The standard InChI is InChI=1S/C11H14N4O3S/c1-2-8-3-4-9(5-10(8)12)19(16,17)14-6-11-13-7-18-15-11/h3-5,7,14H,2,6,12H2,1H3. The van der Waals surface area contributed by atoms with Crippen molar-refractivity contribution >= 4 is 15.7 Å². The van der Waals surface area contributed by atoms with Crippen LogP contribution in [0.5, 0.6) is 0 Å². The first-order chi connectivity index (χ1) is 9.03. The van der Waals surface area contributed by atoms with Gasteiger partial charge >= 0.3 is 0 Å². The molecule has 7 nitrogen and oxygen atoms in total. The number of rotatable bonds is 5. The van der Waals surface area contributed by atoms with Gasteiger partial charge in [0.15, 0.2) is 5.82 Å². The molecule has 0 saturated heterocycles. The van der Waals surface area contributed by atoms with E-state index in [9.17, 15) is 8.42 Å². The maximum atomic E-state index is 12.0. The summed E-state index contributed by atoms with van der Waals surface area (Å²) in [6.45, 7) is 1.92. The Bertz CT molecular complexity index is 653. The summed E-state index contributed by atoms with van der Waals surface area (Å²) in [6, 6.07) is 4.67. The summed E-state index contributed by atoms with van der Waals surface area (Å²) in [6.07, 6.45) is 1.89. The van der Waals surface area contributed by atoms with E-state index >= 15 is 0 Å². The highest BCUT2D eigenvalue weighted by Crippen LogP contribution is 2.18. The number of nitrogens with one attached hydrogen (secondary N) is 1. The van der Waals surface area contributed by atoms with Crippen LogP contribution in [0.25, 0.3) is 0 Å². The van der Waals surface area contributed by atoms with Gasteiger partial charge < -0.3 is 10.3 Å². The quantitative estimate of drug-likeness (QED) is 0.780. The Kier molecular flexibility index (Phi) is 3.82. The van der Waals surface area contributed by atoms with Crippen molar-refractivity contribution < 1.29 is 12.9 Å². The zero-order valence-corrected chi connectivity index (χ0v) is 11.1. The Labute approximate surface area is 110 Å². The van der Waals surface area contributed by atoms with Gasteiger partial charge in [-0.2, -0.15) is 4.98 Å². The largest absolute Gasteiger partial charge is 0.398 e. The van der Waals surface area contributed by atoms with Crippen molar-refractivity contribution in [2.24, 2.45) is 0 Å². The Balaban J connectivity index is 2.17. The Morgan fingerprint density at radius 1 is 1.42 bits per heavy atom. The molecule has 0 amide bonds. The van der Waals surface area contributed by atoms with Crippen molar-refractivity contribution in [1.29, 1.82) is 0 Å². The number of nitrogen functional groups attached to an aromatic ring is 1. The molecule has 0 radical (unpaired) electrons. The van der Waals surface area contributed by atoms with Crippen LogP contribution >= 0.6 is 0 Å². The summed E-state index contributed by atoms with van der Waals surface area (Å²) in [5.74, 6) is 0.265. The molecule has 0 atom stereocenters. The number of sulfonamides is 1.